The van der Waals surface area contributed by atoms with Crippen LogP contribution in [0.25, 0.3) is 0 Å². The molecule has 182 valence electrons. The first kappa shape index (κ1) is 24.9. The number of piperidine rings is 1. The van der Waals surface area contributed by atoms with Gasteiger partial charge in [0.1, 0.15) is 11.8 Å². The lowest BCUT2D eigenvalue weighted by atomic mass is 9.95. The van der Waals surface area contributed by atoms with Crippen molar-refractivity contribution in [3.8, 4) is 5.75 Å². The summed E-state index contributed by atoms with van der Waals surface area (Å²) in [7, 11) is 0. The summed E-state index contributed by atoms with van der Waals surface area (Å²) in [5.41, 5.74) is 0.905. The molecule has 2 amide bonds. The molecule has 0 unspecified atom stereocenters. The van der Waals surface area contributed by atoms with Crippen LogP contribution < -0.4 is 20.3 Å². The normalized spacial score (nSPS) is 15.3. The van der Waals surface area contributed by atoms with Crippen LogP contribution in [0.15, 0.2) is 54.6 Å². The minimum Gasteiger partial charge on any atom is -0.480 e. The highest BCUT2D eigenvalue weighted by Gasteiger charge is 2.32. The summed E-state index contributed by atoms with van der Waals surface area (Å²) in [4.78, 5) is 38.2. The molecule has 34 heavy (non-hydrogen) atoms. The Morgan fingerprint density at radius 3 is 2.35 bits per heavy atom. The molecule has 1 aliphatic heterocycles. The number of carboxylic acid groups (broad SMARTS) is 1. The molecule has 1 atom stereocenters. The lowest BCUT2D eigenvalue weighted by molar-refractivity contribution is -0.274. The lowest BCUT2D eigenvalue weighted by Crippen LogP contribution is -2.51. The number of aliphatic carboxylic acids is 1. The molecule has 1 saturated heterocycles. The quantitative estimate of drug-likeness (QED) is 0.538. The van der Waals surface area contributed by atoms with Crippen LogP contribution in [0, 0.1) is 5.92 Å². The number of benzene rings is 2. The number of nitrogens with one attached hydrogen (secondary N) is 2. The molecule has 3 rings (SSSR count). The number of hydrogen-bond acceptors (Lipinski definition) is 5. The van der Waals surface area contributed by atoms with Gasteiger partial charge in [0.2, 0.25) is 5.91 Å². The molecule has 2 aromatic rings. The SMILES string of the molecule is O=C(NC[C@H](NC(=O)C1CCN(c2cccc(OC(F)(F)F)c2)CC1)C(=O)O)c1ccccc1. The van der Waals surface area contributed by atoms with Crippen LogP contribution in [-0.4, -0.2) is 54.9 Å². The molecular formula is C23H24F3N3O5. The van der Waals surface area contributed by atoms with E-state index in [9.17, 15) is 32.7 Å². The van der Waals surface area contributed by atoms with Crippen molar-refractivity contribution >= 4 is 23.5 Å². The molecule has 0 aliphatic carbocycles. The number of alkyl halides is 3. The summed E-state index contributed by atoms with van der Waals surface area (Å²) in [5.74, 6) is -2.97. The van der Waals surface area contributed by atoms with Crippen molar-refractivity contribution in [3.05, 3.63) is 60.2 Å². The lowest BCUT2D eigenvalue weighted by Gasteiger charge is -2.33. The van der Waals surface area contributed by atoms with E-state index in [1.165, 1.54) is 18.2 Å². The van der Waals surface area contributed by atoms with Gasteiger partial charge in [0.25, 0.3) is 5.91 Å². The summed E-state index contributed by atoms with van der Waals surface area (Å²) in [5, 5.41) is 14.4. The van der Waals surface area contributed by atoms with Gasteiger partial charge in [-0.25, -0.2) is 4.79 Å². The number of carbonyl (C=O) groups excluding carboxylic acids is 2. The van der Waals surface area contributed by atoms with Gasteiger partial charge in [0.05, 0.1) is 0 Å². The van der Waals surface area contributed by atoms with E-state index >= 15 is 0 Å². The zero-order valence-corrected chi connectivity index (χ0v) is 18.0. The molecule has 0 bridgehead atoms. The number of hydrogen-bond donors (Lipinski definition) is 3. The van der Waals surface area contributed by atoms with Gasteiger partial charge in [-0.2, -0.15) is 0 Å². The van der Waals surface area contributed by atoms with E-state index in [0.29, 0.717) is 37.2 Å². The van der Waals surface area contributed by atoms with Gasteiger partial charge >= 0.3 is 12.3 Å². The number of rotatable bonds is 8. The van der Waals surface area contributed by atoms with E-state index in [0.717, 1.165) is 0 Å². The van der Waals surface area contributed by atoms with E-state index in [4.69, 9.17) is 0 Å². The third kappa shape index (κ3) is 7.12. The minimum absolute atomic E-state index is 0.278. The first-order valence-corrected chi connectivity index (χ1v) is 10.6. The molecule has 1 fully saturated rings. The van der Waals surface area contributed by atoms with Crippen LogP contribution in [0.1, 0.15) is 23.2 Å². The van der Waals surface area contributed by atoms with Gasteiger partial charge in [0.15, 0.2) is 0 Å². The maximum atomic E-state index is 12.6. The van der Waals surface area contributed by atoms with E-state index < -0.39 is 36.1 Å². The number of amides is 2. The Morgan fingerprint density at radius 1 is 1.06 bits per heavy atom. The van der Waals surface area contributed by atoms with Crippen molar-refractivity contribution in [2.24, 2.45) is 5.92 Å². The number of nitrogens with zero attached hydrogens (tertiary/aromatic N) is 1. The number of halogens is 3. The summed E-state index contributed by atoms with van der Waals surface area (Å²) >= 11 is 0. The fourth-order valence-electron chi connectivity index (χ4n) is 3.65. The Balaban J connectivity index is 1.51. The Morgan fingerprint density at radius 2 is 1.74 bits per heavy atom. The summed E-state index contributed by atoms with van der Waals surface area (Å²) in [6, 6.07) is 12.6. The van der Waals surface area contributed by atoms with Gasteiger partial charge in [-0.1, -0.05) is 24.3 Å². The monoisotopic (exact) mass is 479 g/mol. The minimum atomic E-state index is -4.79. The van der Waals surface area contributed by atoms with Gasteiger partial charge in [-0.05, 0) is 37.1 Å². The van der Waals surface area contributed by atoms with Crippen LogP contribution in [0.2, 0.25) is 0 Å². The molecule has 1 aliphatic rings. The van der Waals surface area contributed by atoms with Crippen molar-refractivity contribution in [2.45, 2.75) is 25.2 Å². The van der Waals surface area contributed by atoms with Crippen molar-refractivity contribution in [1.29, 1.82) is 0 Å². The predicted molar refractivity (Wildman–Crippen MR) is 116 cm³/mol. The Labute approximate surface area is 193 Å². The maximum Gasteiger partial charge on any atom is 0.573 e. The van der Waals surface area contributed by atoms with E-state index in [2.05, 4.69) is 15.4 Å². The second-order valence-corrected chi connectivity index (χ2v) is 7.78. The van der Waals surface area contributed by atoms with Crippen LogP contribution in [-0.2, 0) is 9.59 Å². The molecule has 0 aromatic heterocycles. The van der Waals surface area contributed by atoms with Crippen molar-refractivity contribution in [3.63, 3.8) is 0 Å². The Hall–Kier alpha value is -3.76. The first-order chi connectivity index (χ1) is 16.1. The molecule has 3 N–H and O–H groups in total. The number of ether oxygens (including phenoxy) is 1. The highest BCUT2D eigenvalue weighted by molar-refractivity contribution is 5.94. The molecule has 0 radical (unpaired) electrons. The number of carboxylic acids is 1. The van der Waals surface area contributed by atoms with Crippen molar-refractivity contribution < 1.29 is 37.4 Å². The molecule has 2 aromatic carbocycles. The standard InChI is InChI=1S/C23H24F3N3O5/c24-23(25,26)34-18-8-4-7-17(13-18)29-11-9-16(10-12-29)21(31)28-19(22(32)33)14-27-20(30)15-5-2-1-3-6-15/h1-8,13,16,19H,9-12,14H2,(H,27,30)(H,28,31)(H,32,33)/t19-/m0/s1. The van der Waals surface area contributed by atoms with Gasteiger partial charge in [-0.3, -0.25) is 9.59 Å². The van der Waals surface area contributed by atoms with Crippen LogP contribution in [0.5, 0.6) is 5.75 Å². The number of anilines is 1. The first-order valence-electron chi connectivity index (χ1n) is 10.6. The zero-order valence-electron chi connectivity index (χ0n) is 18.0. The highest BCUT2D eigenvalue weighted by Crippen LogP contribution is 2.29. The van der Waals surface area contributed by atoms with Crippen LogP contribution >= 0.6 is 0 Å². The Bertz CT molecular complexity index is 1010. The third-order valence-corrected chi connectivity index (χ3v) is 5.40. The largest absolute Gasteiger partial charge is 0.573 e. The van der Waals surface area contributed by atoms with Gasteiger partial charge in [0, 0.05) is 42.9 Å². The van der Waals surface area contributed by atoms with E-state index in [-0.39, 0.29) is 12.3 Å². The highest BCUT2D eigenvalue weighted by atomic mass is 19.4. The average molecular weight is 479 g/mol. The summed E-state index contributed by atoms with van der Waals surface area (Å²) in [6.45, 7) is 0.520. The van der Waals surface area contributed by atoms with Gasteiger partial charge < -0.3 is 25.4 Å². The molecule has 0 saturated carbocycles. The zero-order chi connectivity index (χ0) is 24.7. The third-order valence-electron chi connectivity index (χ3n) is 5.40. The maximum absolute atomic E-state index is 12.6. The second kappa shape index (κ2) is 10.9. The predicted octanol–water partition coefficient (Wildman–Crippen LogP) is 2.80. The summed E-state index contributed by atoms with van der Waals surface area (Å²) < 4.78 is 41.3. The van der Waals surface area contributed by atoms with E-state index in [1.54, 1.807) is 36.4 Å². The molecule has 11 heteroatoms. The van der Waals surface area contributed by atoms with Crippen LogP contribution in [0.4, 0.5) is 18.9 Å². The molecular weight excluding hydrogens is 455 g/mol. The van der Waals surface area contributed by atoms with Crippen molar-refractivity contribution in [2.75, 3.05) is 24.5 Å². The fourth-order valence-corrected chi connectivity index (χ4v) is 3.65. The molecule has 0 spiro atoms. The average Bonchev–Trinajstić information content (AvgIpc) is 2.81. The topological polar surface area (TPSA) is 108 Å². The smallest absolute Gasteiger partial charge is 0.480 e. The molecule has 1 heterocycles. The van der Waals surface area contributed by atoms with Gasteiger partial charge in [-0.15, -0.1) is 13.2 Å². The Kier molecular flexibility index (Phi) is 7.98. The fraction of sp³-hybridized carbons (Fsp3) is 0.348. The number of carbonyl (C=O) groups is 3. The molecule has 8 nitrogen and oxygen atoms in total. The summed E-state index contributed by atoms with van der Waals surface area (Å²) in [6.07, 6.45) is -4.01. The van der Waals surface area contributed by atoms with E-state index in [1.807, 2.05) is 4.90 Å². The second-order valence-electron chi connectivity index (χ2n) is 7.78. The van der Waals surface area contributed by atoms with Crippen molar-refractivity contribution in [1.82, 2.24) is 10.6 Å². The van der Waals surface area contributed by atoms with Crippen LogP contribution in [0.3, 0.4) is 0 Å².